The van der Waals surface area contributed by atoms with Gasteiger partial charge in [-0.15, -0.1) is 0 Å². The Morgan fingerprint density at radius 1 is 1.06 bits per heavy atom. The van der Waals surface area contributed by atoms with Crippen molar-refractivity contribution < 1.29 is 18.3 Å². The van der Waals surface area contributed by atoms with Crippen LogP contribution in [0, 0.1) is 24.5 Å². The minimum Gasteiger partial charge on any atom is -0.484 e. The molecule has 0 N–H and O–H groups in total. The van der Waals surface area contributed by atoms with Gasteiger partial charge in [0.1, 0.15) is 17.4 Å². The Morgan fingerprint density at radius 3 is 2.49 bits per heavy atom. The second-order valence-electron chi connectivity index (χ2n) is 9.04. The summed E-state index contributed by atoms with van der Waals surface area (Å²) in [5.74, 6) is -0.256. The van der Waals surface area contributed by atoms with Gasteiger partial charge in [-0.3, -0.25) is 4.79 Å². The quantitative estimate of drug-likeness (QED) is 0.427. The summed E-state index contributed by atoms with van der Waals surface area (Å²) in [4.78, 5) is 13.4. The van der Waals surface area contributed by atoms with Crippen molar-refractivity contribution in [2.75, 3.05) is 6.61 Å². The third-order valence-electron chi connectivity index (χ3n) is 6.53. The number of allylic oxidation sites excluding steroid dienone is 1. The number of rotatable bonds is 5. The van der Waals surface area contributed by atoms with Crippen molar-refractivity contribution in [3.8, 4) is 5.75 Å². The lowest BCUT2D eigenvalue weighted by molar-refractivity contribution is -0.135. The number of ether oxygens (including phenoxy) is 1. The molecule has 4 nitrogen and oxygen atoms in total. The Bertz CT molecular complexity index is 1280. The lowest BCUT2D eigenvalue weighted by atomic mass is 9.77. The molecule has 2 aliphatic rings. The van der Waals surface area contributed by atoms with Crippen LogP contribution >= 0.6 is 0 Å². The van der Waals surface area contributed by atoms with Gasteiger partial charge in [-0.25, -0.2) is 13.8 Å². The number of aryl methyl sites for hydroxylation is 1. The zero-order valence-electron chi connectivity index (χ0n) is 19.5. The maximum atomic E-state index is 13.7. The Morgan fingerprint density at radius 2 is 1.77 bits per heavy atom. The highest BCUT2D eigenvalue weighted by molar-refractivity contribution is 6.08. The lowest BCUT2D eigenvalue weighted by Crippen LogP contribution is -2.34. The van der Waals surface area contributed by atoms with Crippen molar-refractivity contribution in [1.29, 1.82) is 0 Å². The van der Waals surface area contributed by atoms with Crippen LogP contribution in [0.25, 0.3) is 6.08 Å². The highest BCUT2D eigenvalue weighted by Crippen LogP contribution is 2.44. The van der Waals surface area contributed by atoms with E-state index in [0.717, 1.165) is 47.2 Å². The second kappa shape index (κ2) is 9.82. The average molecular weight is 473 g/mol. The van der Waals surface area contributed by atoms with Crippen LogP contribution in [-0.4, -0.2) is 23.2 Å². The first-order valence-corrected chi connectivity index (χ1v) is 11.8. The minimum atomic E-state index is -0.337. The molecule has 0 saturated heterocycles. The van der Waals surface area contributed by atoms with Gasteiger partial charge in [0.2, 0.25) is 0 Å². The topological polar surface area (TPSA) is 41.9 Å². The van der Waals surface area contributed by atoms with Crippen molar-refractivity contribution >= 4 is 17.7 Å². The second-order valence-corrected chi connectivity index (χ2v) is 9.04. The molecule has 5 rings (SSSR count). The number of hydrazone groups is 1. The maximum Gasteiger partial charge on any atom is 0.281 e. The molecule has 0 radical (unpaired) electrons. The third kappa shape index (κ3) is 5.02. The lowest BCUT2D eigenvalue weighted by Gasteiger charge is -2.29. The molecule has 0 spiro atoms. The van der Waals surface area contributed by atoms with Crippen LogP contribution < -0.4 is 4.74 Å². The molecule has 2 unspecified atom stereocenters. The molecule has 0 aromatic heterocycles. The van der Waals surface area contributed by atoms with Crippen molar-refractivity contribution in [3.63, 3.8) is 0 Å². The molecular weight excluding hydrogens is 446 g/mol. The number of carbonyl (C=O) groups is 1. The molecule has 1 amide bonds. The summed E-state index contributed by atoms with van der Waals surface area (Å²) in [6.45, 7) is 1.81. The van der Waals surface area contributed by atoms with E-state index in [1.165, 1.54) is 29.3 Å². The standard InChI is InChI=1S/C29H26F2N2O2/c1-19-4-2-6-25(16-19)35-18-27(34)33-29(21-10-14-24(31)15-11-21)26-7-3-5-22(28(26)32-33)17-20-8-12-23(30)13-9-20/h2,4,6,8-17,26,29H,3,5,7,18H2,1H3/b22-17-. The Labute approximate surface area is 203 Å². The van der Waals surface area contributed by atoms with Crippen LogP contribution in [-0.2, 0) is 4.79 Å². The number of nitrogens with zero attached hydrogens (tertiary/aromatic N) is 2. The zero-order chi connectivity index (χ0) is 24.4. The zero-order valence-corrected chi connectivity index (χ0v) is 19.5. The van der Waals surface area contributed by atoms with Gasteiger partial charge in [-0.2, -0.15) is 5.10 Å². The normalized spacial score (nSPS) is 20.5. The summed E-state index contributed by atoms with van der Waals surface area (Å²) in [7, 11) is 0. The van der Waals surface area contributed by atoms with E-state index < -0.39 is 0 Å². The SMILES string of the molecule is Cc1cccc(OCC(=O)N2N=C3/C(=C\c4ccc(F)cc4)CCCC3C2c2ccc(F)cc2)c1. The first-order chi connectivity index (χ1) is 17.0. The van der Waals surface area contributed by atoms with E-state index in [1.807, 2.05) is 37.3 Å². The van der Waals surface area contributed by atoms with Crippen LogP contribution in [0.5, 0.6) is 5.75 Å². The van der Waals surface area contributed by atoms with E-state index in [9.17, 15) is 13.6 Å². The Hall–Kier alpha value is -3.80. The number of hydrogen-bond donors (Lipinski definition) is 0. The van der Waals surface area contributed by atoms with Crippen molar-refractivity contribution in [2.24, 2.45) is 11.0 Å². The van der Waals surface area contributed by atoms with Gasteiger partial charge in [-0.1, -0.05) is 36.4 Å². The van der Waals surface area contributed by atoms with Gasteiger partial charge in [-0.05, 0) is 90.9 Å². The fourth-order valence-corrected chi connectivity index (χ4v) is 4.88. The highest BCUT2D eigenvalue weighted by Gasteiger charge is 2.43. The number of halogens is 2. The van der Waals surface area contributed by atoms with E-state index in [2.05, 4.69) is 0 Å². The van der Waals surface area contributed by atoms with Gasteiger partial charge in [0, 0.05) is 5.92 Å². The molecule has 35 heavy (non-hydrogen) atoms. The summed E-state index contributed by atoms with van der Waals surface area (Å²) in [6, 6.07) is 19.8. The van der Waals surface area contributed by atoms with Crippen molar-refractivity contribution in [1.82, 2.24) is 5.01 Å². The molecule has 1 fully saturated rings. The van der Waals surface area contributed by atoms with Crippen LogP contribution in [0.4, 0.5) is 8.78 Å². The van der Waals surface area contributed by atoms with Crippen LogP contribution in [0.1, 0.15) is 42.0 Å². The first-order valence-electron chi connectivity index (χ1n) is 11.8. The number of hydrogen-bond acceptors (Lipinski definition) is 3. The fourth-order valence-electron chi connectivity index (χ4n) is 4.88. The van der Waals surface area contributed by atoms with Crippen LogP contribution in [0.15, 0.2) is 83.5 Å². The van der Waals surface area contributed by atoms with Gasteiger partial charge in [0.15, 0.2) is 6.61 Å². The van der Waals surface area contributed by atoms with Gasteiger partial charge in [0.05, 0.1) is 11.8 Å². The molecule has 1 saturated carbocycles. The number of amides is 1. The summed E-state index contributed by atoms with van der Waals surface area (Å²) in [6.07, 6.45) is 4.65. The van der Waals surface area contributed by atoms with E-state index in [1.54, 1.807) is 24.3 Å². The smallest absolute Gasteiger partial charge is 0.281 e. The summed E-state index contributed by atoms with van der Waals surface area (Å²) < 4.78 is 32.8. The highest BCUT2D eigenvalue weighted by atomic mass is 19.1. The largest absolute Gasteiger partial charge is 0.484 e. The molecule has 1 aliphatic heterocycles. The monoisotopic (exact) mass is 472 g/mol. The van der Waals surface area contributed by atoms with E-state index in [4.69, 9.17) is 9.84 Å². The number of carbonyl (C=O) groups excluding carboxylic acids is 1. The van der Waals surface area contributed by atoms with Gasteiger partial charge < -0.3 is 4.74 Å². The predicted octanol–water partition coefficient (Wildman–Crippen LogP) is 6.48. The average Bonchev–Trinajstić information content (AvgIpc) is 3.25. The predicted molar refractivity (Wildman–Crippen MR) is 132 cm³/mol. The molecule has 1 heterocycles. The minimum absolute atomic E-state index is 0.0103. The molecule has 3 aromatic carbocycles. The molecule has 178 valence electrons. The van der Waals surface area contributed by atoms with Gasteiger partial charge in [0.25, 0.3) is 5.91 Å². The third-order valence-corrected chi connectivity index (χ3v) is 6.53. The summed E-state index contributed by atoms with van der Waals surface area (Å²) in [5.41, 5.74) is 4.66. The fraction of sp³-hybridized carbons (Fsp3) is 0.241. The van der Waals surface area contributed by atoms with Crippen LogP contribution in [0.2, 0.25) is 0 Å². The summed E-state index contributed by atoms with van der Waals surface area (Å²) in [5, 5.41) is 6.31. The molecule has 3 aromatic rings. The Balaban J connectivity index is 1.46. The van der Waals surface area contributed by atoms with E-state index in [-0.39, 0.29) is 36.1 Å². The van der Waals surface area contributed by atoms with Crippen molar-refractivity contribution in [3.05, 3.63) is 107 Å². The van der Waals surface area contributed by atoms with Crippen molar-refractivity contribution in [2.45, 2.75) is 32.2 Å². The molecule has 0 bridgehead atoms. The van der Waals surface area contributed by atoms with E-state index >= 15 is 0 Å². The molecule has 1 aliphatic carbocycles. The molecule has 6 heteroatoms. The molecular formula is C29H26F2N2O2. The van der Waals surface area contributed by atoms with Crippen LogP contribution in [0.3, 0.4) is 0 Å². The Kier molecular flexibility index (Phi) is 6.45. The number of benzene rings is 3. The van der Waals surface area contributed by atoms with Gasteiger partial charge >= 0.3 is 0 Å². The summed E-state index contributed by atoms with van der Waals surface area (Å²) >= 11 is 0. The van der Waals surface area contributed by atoms with E-state index in [0.29, 0.717) is 5.75 Å². The first kappa shape index (κ1) is 23.0. The molecule has 2 atom stereocenters. The maximum absolute atomic E-state index is 13.7. The number of fused-ring (bicyclic) bond motifs is 1.